The molecule has 0 bridgehead atoms. The second-order valence-corrected chi connectivity index (χ2v) is 17.6. The molecular weight excluding hydrogens is 546 g/mol. The van der Waals surface area contributed by atoms with Crippen LogP contribution in [0, 0.1) is 52.3 Å². The average Bonchev–Trinajstić information content (AvgIpc) is 3.66. The van der Waals surface area contributed by atoms with E-state index in [1.807, 2.05) is 4.90 Å². The van der Waals surface area contributed by atoms with Crippen molar-refractivity contribution in [2.75, 3.05) is 5.75 Å². The lowest BCUT2D eigenvalue weighted by Crippen LogP contribution is -2.56. The highest BCUT2D eigenvalue weighted by Crippen LogP contribution is 2.68. The first kappa shape index (κ1) is 30.5. The van der Waals surface area contributed by atoms with Crippen LogP contribution in [-0.2, 0) is 4.79 Å². The number of hydrogen-bond donors (Lipinski definition) is 0. The number of carbonyl (C=O) groups excluding carboxylic acids is 1. The van der Waals surface area contributed by atoms with Gasteiger partial charge in [0, 0.05) is 23.0 Å². The summed E-state index contributed by atoms with van der Waals surface area (Å²) in [7, 11) is 0. The third-order valence-electron chi connectivity index (χ3n) is 13.4. The third kappa shape index (κ3) is 5.59. The Balaban J connectivity index is 1.27. The molecule has 1 saturated heterocycles. The van der Waals surface area contributed by atoms with Gasteiger partial charge in [-0.2, -0.15) is 5.10 Å². The van der Waals surface area contributed by atoms with Crippen LogP contribution in [0.5, 0.6) is 0 Å². The fraction of sp³-hybridized carbons (Fsp3) is 0.914. The average molecular weight is 602 g/mol. The normalized spacial score (nSPS) is 44.1. The first-order valence-electron chi connectivity index (χ1n) is 17.3. The van der Waals surface area contributed by atoms with Crippen molar-refractivity contribution < 1.29 is 4.79 Å². The van der Waals surface area contributed by atoms with Gasteiger partial charge < -0.3 is 0 Å². The first-order valence-corrected chi connectivity index (χ1v) is 18.8. The molecule has 6 heteroatoms. The molecule has 0 unspecified atom stereocenters. The summed E-state index contributed by atoms with van der Waals surface area (Å²) in [6, 6.07) is 0.330. The number of hydrogen-bond acceptors (Lipinski definition) is 4. The largest absolute Gasteiger partial charge is 0.286 e. The van der Waals surface area contributed by atoms with E-state index in [-0.39, 0.29) is 16.7 Å². The standard InChI is InChI=1S/C35H56ClN3OS/c1-22(2)9-8-10-23(3)27-13-14-28-26-20-31(37-38-33-39(32(40)21-41-33)25-11-6-7-12-25)30-19-24(36)15-17-35(30,5)29(26)16-18-34(27,28)4/h22-30H,6-21H2,1-5H3/b37-31+,38-33-/t23-,24+,26+,27-,28+,29+,30-,34-,35-/m1/s1. The summed E-state index contributed by atoms with van der Waals surface area (Å²) in [5, 5.41) is 11.2. The zero-order valence-corrected chi connectivity index (χ0v) is 28.1. The Morgan fingerprint density at radius 3 is 2.44 bits per heavy atom. The zero-order chi connectivity index (χ0) is 28.9. The maximum Gasteiger partial charge on any atom is 0.239 e. The predicted octanol–water partition coefficient (Wildman–Crippen LogP) is 9.55. The number of amides is 1. The Labute approximate surface area is 259 Å². The van der Waals surface area contributed by atoms with Crippen molar-refractivity contribution in [3.05, 3.63) is 0 Å². The summed E-state index contributed by atoms with van der Waals surface area (Å²) in [4.78, 5) is 14.8. The highest BCUT2D eigenvalue weighted by atomic mass is 35.5. The molecule has 4 nitrogen and oxygen atoms in total. The number of carbonyl (C=O) groups is 1. The van der Waals surface area contributed by atoms with Gasteiger partial charge in [-0.05, 0) is 111 Å². The van der Waals surface area contributed by atoms with Gasteiger partial charge in [0.2, 0.25) is 5.91 Å². The van der Waals surface area contributed by atoms with Gasteiger partial charge in [-0.15, -0.1) is 16.7 Å². The lowest BCUT2D eigenvalue weighted by Gasteiger charge is -2.61. The highest BCUT2D eigenvalue weighted by molar-refractivity contribution is 8.15. The molecule has 9 atom stereocenters. The van der Waals surface area contributed by atoms with Gasteiger partial charge >= 0.3 is 0 Å². The number of nitrogens with zero attached hydrogens (tertiary/aromatic N) is 3. The highest BCUT2D eigenvalue weighted by Gasteiger charge is 2.62. The monoisotopic (exact) mass is 601 g/mol. The minimum atomic E-state index is 0.232. The van der Waals surface area contributed by atoms with Gasteiger partial charge in [0.1, 0.15) is 0 Å². The lowest BCUT2D eigenvalue weighted by atomic mass is 9.44. The Kier molecular flexibility index (Phi) is 8.99. The molecular formula is C35H56ClN3OS. The van der Waals surface area contributed by atoms with Crippen LogP contribution < -0.4 is 0 Å². The molecule has 6 rings (SSSR count). The lowest BCUT2D eigenvalue weighted by molar-refractivity contribution is -0.125. The number of halogens is 1. The molecule has 0 spiro atoms. The molecule has 5 saturated carbocycles. The molecule has 1 aliphatic heterocycles. The molecule has 6 fully saturated rings. The van der Waals surface area contributed by atoms with Gasteiger partial charge in [0.25, 0.3) is 0 Å². The van der Waals surface area contributed by atoms with E-state index in [0.29, 0.717) is 23.1 Å². The van der Waals surface area contributed by atoms with Crippen molar-refractivity contribution in [1.29, 1.82) is 0 Å². The molecule has 6 aliphatic rings. The van der Waals surface area contributed by atoms with Gasteiger partial charge in [0.05, 0.1) is 5.75 Å². The molecule has 1 heterocycles. The number of thioether (sulfide) groups is 1. The second-order valence-electron chi connectivity index (χ2n) is 16.0. The summed E-state index contributed by atoms with van der Waals surface area (Å²) in [5.41, 5.74) is 2.06. The van der Waals surface area contributed by atoms with Crippen LogP contribution in [0.25, 0.3) is 0 Å². The Hall–Kier alpha value is -0.550. The van der Waals surface area contributed by atoms with E-state index in [9.17, 15) is 4.79 Å². The Morgan fingerprint density at radius 1 is 0.951 bits per heavy atom. The van der Waals surface area contributed by atoms with Gasteiger partial charge in [0.15, 0.2) is 5.17 Å². The molecule has 0 N–H and O–H groups in total. The van der Waals surface area contributed by atoms with Crippen molar-refractivity contribution in [2.24, 2.45) is 62.5 Å². The van der Waals surface area contributed by atoms with Crippen molar-refractivity contribution in [3.63, 3.8) is 0 Å². The van der Waals surface area contributed by atoms with E-state index in [1.165, 1.54) is 69.9 Å². The van der Waals surface area contributed by atoms with Crippen LogP contribution in [-0.4, -0.2) is 38.9 Å². The van der Waals surface area contributed by atoms with Crippen LogP contribution in [0.3, 0.4) is 0 Å². The summed E-state index contributed by atoms with van der Waals surface area (Å²) in [6.07, 6.45) is 18.9. The fourth-order valence-corrected chi connectivity index (χ4v) is 12.4. The predicted molar refractivity (Wildman–Crippen MR) is 175 cm³/mol. The number of fused-ring (bicyclic) bond motifs is 5. The van der Waals surface area contributed by atoms with Crippen LogP contribution in [0.2, 0.25) is 0 Å². The Bertz CT molecular complexity index is 1040. The number of amidine groups is 1. The van der Waals surface area contributed by atoms with Crippen molar-refractivity contribution in [3.8, 4) is 0 Å². The number of alkyl halides is 1. The van der Waals surface area contributed by atoms with E-state index < -0.39 is 0 Å². The first-order chi connectivity index (χ1) is 19.6. The van der Waals surface area contributed by atoms with Crippen LogP contribution >= 0.6 is 23.4 Å². The van der Waals surface area contributed by atoms with E-state index in [0.717, 1.165) is 72.8 Å². The summed E-state index contributed by atoms with van der Waals surface area (Å²) < 4.78 is 0. The van der Waals surface area contributed by atoms with E-state index in [1.54, 1.807) is 11.8 Å². The van der Waals surface area contributed by atoms with Crippen LogP contribution in [0.15, 0.2) is 10.2 Å². The maximum absolute atomic E-state index is 12.8. The molecule has 230 valence electrons. The molecule has 5 aliphatic carbocycles. The van der Waals surface area contributed by atoms with E-state index in [2.05, 4.69) is 34.6 Å². The van der Waals surface area contributed by atoms with Crippen molar-refractivity contribution in [2.45, 2.75) is 142 Å². The smallest absolute Gasteiger partial charge is 0.239 e. The van der Waals surface area contributed by atoms with Gasteiger partial charge in [-0.3, -0.25) is 9.69 Å². The topological polar surface area (TPSA) is 45.0 Å². The molecule has 0 radical (unpaired) electrons. The summed E-state index contributed by atoms with van der Waals surface area (Å²) in [5.74, 6) is 6.01. The summed E-state index contributed by atoms with van der Waals surface area (Å²) >= 11 is 8.48. The van der Waals surface area contributed by atoms with E-state index >= 15 is 0 Å². The van der Waals surface area contributed by atoms with Crippen molar-refractivity contribution in [1.82, 2.24) is 4.90 Å². The minimum absolute atomic E-state index is 0.232. The van der Waals surface area contributed by atoms with E-state index in [4.69, 9.17) is 21.8 Å². The molecule has 0 aromatic rings. The van der Waals surface area contributed by atoms with Gasteiger partial charge in [-0.25, -0.2) is 0 Å². The van der Waals surface area contributed by atoms with Gasteiger partial charge in [-0.1, -0.05) is 78.5 Å². The SMILES string of the molecule is CC(C)CCC[C@@H](C)[C@H]1CC[C@H]2[C@@H]3C/C(=N\N=C4/SCC(=O)N4C4CCCC4)[C@H]4C[C@@H](Cl)CC[C@]4(C)[C@H]3CC[C@]12C. The maximum atomic E-state index is 12.8. The number of rotatable bonds is 7. The second kappa shape index (κ2) is 12.1. The van der Waals surface area contributed by atoms with Crippen LogP contribution in [0.4, 0.5) is 0 Å². The fourth-order valence-electron chi connectivity index (χ4n) is 11.2. The molecule has 41 heavy (non-hydrogen) atoms. The Morgan fingerprint density at radius 2 is 1.68 bits per heavy atom. The molecule has 0 aromatic carbocycles. The quantitative estimate of drug-likeness (QED) is 0.215. The minimum Gasteiger partial charge on any atom is -0.286 e. The van der Waals surface area contributed by atoms with Crippen LogP contribution in [0.1, 0.15) is 131 Å². The molecule has 0 aromatic heterocycles. The zero-order valence-electron chi connectivity index (χ0n) is 26.5. The summed E-state index contributed by atoms with van der Waals surface area (Å²) in [6.45, 7) is 12.6. The third-order valence-corrected chi connectivity index (χ3v) is 14.7. The van der Waals surface area contributed by atoms with Crippen molar-refractivity contribution >= 4 is 40.1 Å². The molecule has 1 amide bonds.